The highest BCUT2D eigenvalue weighted by Gasteiger charge is 2.14. The number of hydrogen-bond acceptors (Lipinski definition) is 3. The van der Waals surface area contributed by atoms with E-state index in [1.54, 1.807) is 0 Å². The van der Waals surface area contributed by atoms with E-state index in [0.29, 0.717) is 0 Å². The predicted octanol–water partition coefficient (Wildman–Crippen LogP) is 4.06. The zero-order chi connectivity index (χ0) is 16.1. The van der Waals surface area contributed by atoms with E-state index in [2.05, 4.69) is 12.1 Å². The number of nitrogens with two attached hydrogens (primary N) is 2. The van der Waals surface area contributed by atoms with Gasteiger partial charge in [0.05, 0.1) is 0 Å². The molecule has 114 valence electrons. The first-order valence-corrected chi connectivity index (χ1v) is 7.52. The molecule has 3 rings (SSSR count). The molecule has 4 N–H and O–H groups in total. The zero-order valence-corrected chi connectivity index (χ0v) is 12.8. The van der Waals surface area contributed by atoms with Crippen molar-refractivity contribution < 1.29 is 0 Å². The Balaban J connectivity index is 1.99. The zero-order valence-electron chi connectivity index (χ0n) is 12.8. The third-order valence-electron chi connectivity index (χ3n) is 3.72. The van der Waals surface area contributed by atoms with Gasteiger partial charge >= 0.3 is 0 Å². The third-order valence-corrected chi connectivity index (χ3v) is 3.72. The van der Waals surface area contributed by atoms with Crippen LogP contribution in [-0.2, 0) is 0 Å². The standard InChI is InChI=1S/C20H19N3/c21-17-12-10-15(11-13-17)14-23-20(16-6-2-1-3-7-16)18-8-4-5-9-19(18)22/h1-14,20H,21-22H2. The van der Waals surface area contributed by atoms with Gasteiger partial charge in [0.15, 0.2) is 0 Å². The van der Waals surface area contributed by atoms with Gasteiger partial charge in [-0.2, -0.15) is 0 Å². The van der Waals surface area contributed by atoms with Crippen molar-refractivity contribution >= 4 is 17.6 Å². The molecule has 0 aliphatic heterocycles. The van der Waals surface area contributed by atoms with E-state index in [1.165, 1.54) is 0 Å². The summed E-state index contributed by atoms with van der Waals surface area (Å²) in [4.78, 5) is 4.78. The maximum Gasteiger partial charge on any atom is 0.102 e. The highest BCUT2D eigenvalue weighted by molar-refractivity contribution is 5.80. The fourth-order valence-corrected chi connectivity index (χ4v) is 2.48. The number of nitrogen functional groups attached to an aromatic ring is 2. The number of benzene rings is 3. The van der Waals surface area contributed by atoms with Gasteiger partial charge in [-0.15, -0.1) is 0 Å². The maximum atomic E-state index is 6.16. The fourth-order valence-electron chi connectivity index (χ4n) is 2.48. The molecule has 0 heterocycles. The molecule has 0 fully saturated rings. The van der Waals surface area contributed by atoms with Gasteiger partial charge in [0, 0.05) is 23.2 Å². The summed E-state index contributed by atoms with van der Waals surface area (Å²) < 4.78 is 0. The van der Waals surface area contributed by atoms with E-state index >= 15 is 0 Å². The lowest BCUT2D eigenvalue weighted by Crippen LogP contribution is -2.03. The molecule has 0 aliphatic rings. The van der Waals surface area contributed by atoms with E-state index < -0.39 is 0 Å². The van der Waals surface area contributed by atoms with Gasteiger partial charge in [-0.3, -0.25) is 4.99 Å². The Morgan fingerprint density at radius 2 is 1.39 bits per heavy atom. The second kappa shape index (κ2) is 6.79. The lowest BCUT2D eigenvalue weighted by atomic mass is 9.98. The van der Waals surface area contributed by atoms with Gasteiger partial charge in [-0.1, -0.05) is 60.7 Å². The molecule has 0 radical (unpaired) electrons. The summed E-state index contributed by atoms with van der Waals surface area (Å²) in [5.41, 5.74) is 16.5. The van der Waals surface area contributed by atoms with Crippen LogP contribution in [0.25, 0.3) is 0 Å². The first-order chi connectivity index (χ1) is 11.2. The monoisotopic (exact) mass is 301 g/mol. The van der Waals surface area contributed by atoms with Crippen molar-refractivity contribution in [3.05, 3.63) is 95.6 Å². The number of anilines is 2. The highest BCUT2D eigenvalue weighted by Crippen LogP contribution is 2.29. The molecule has 3 nitrogen and oxygen atoms in total. The van der Waals surface area contributed by atoms with Gasteiger partial charge in [-0.05, 0) is 29.3 Å². The quantitative estimate of drug-likeness (QED) is 0.564. The van der Waals surface area contributed by atoms with Crippen molar-refractivity contribution in [1.29, 1.82) is 0 Å². The number of nitrogens with zero attached hydrogens (tertiary/aromatic N) is 1. The van der Waals surface area contributed by atoms with Crippen LogP contribution in [0, 0.1) is 0 Å². The lowest BCUT2D eigenvalue weighted by Gasteiger charge is -2.15. The molecule has 0 spiro atoms. The Bertz CT molecular complexity index is 793. The highest BCUT2D eigenvalue weighted by atomic mass is 14.8. The van der Waals surface area contributed by atoms with Crippen molar-refractivity contribution in [2.75, 3.05) is 11.5 Å². The van der Waals surface area contributed by atoms with Gasteiger partial charge < -0.3 is 11.5 Å². The van der Waals surface area contributed by atoms with Crippen LogP contribution in [0.5, 0.6) is 0 Å². The Kier molecular flexibility index (Phi) is 4.39. The van der Waals surface area contributed by atoms with Gasteiger partial charge in [0.2, 0.25) is 0 Å². The van der Waals surface area contributed by atoms with E-state index in [1.807, 2.05) is 72.9 Å². The van der Waals surface area contributed by atoms with Crippen LogP contribution in [0.2, 0.25) is 0 Å². The Labute approximate surface area is 136 Å². The number of rotatable bonds is 4. The second-order valence-corrected chi connectivity index (χ2v) is 5.39. The molecule has 0 aliphatic carbocycles. The number of para-hydroxylation sites is 1. The second-order valence-electron chi connectivity index (χ2n) is 5.39. The van der Waals surface area contributed by atoms with Gasteiger partial charge in [-0.25, -0.2) is 0 Å². The van der Waals surface area contributed by atoms with Crippen molar-refractivity contribution in [3.63, 3.8) is 0 Å². The molecule has 3 heteroatoms. The molecule has 0 bridgehead atoms. The van der Waals surface area contributed by atoms with Gasteiger partial charge in [0.25, 0.3) is 0 Å². The van der Waals surface area contributed by atoms with E-state index in [-0.39, 0.29) is 6.04 Å². The van der Waals surface area contributed by atoms with Crippen LogP contribution in [0.15, 0.2) is 83.9 Å². The minimum Gasteiger partial charge on any atom is -0.399 e. The first-order valence-electron chi connectivity index (χ1n) is 7.52. The van der Waals surface area contributed by atoms with Crippen molar-refractivity contribution in [3.8, 4) is 0 Å². The molecule has 3 aromatic carbocycles. The SMILES string of the molecule is Nc1ccc(C=NC(c2ccccc2)c2ccccc2N)cc1. The summed E-state index contributed by atoms with van der Waals surface area (Å²) in [7, 11) is 0. The lowest BCUT2D eigenvalue weighted by molar-refractivity contribution is 0.881. The summed E-state index contributed by atoms with van der Waals surface area (Å²) >= 11 is 0. The fraction of sp³-hybridized carbons (Fsp3) is 0.0500. The summed E-state index contributed by atoms with van der Waals surface area (Å²) in [6.07, 6.45) is 1.86. The normalized spacial score (nSPS) is 12.3. The molecular formula is C20H19N3. The molecular weight excluding hydrogens is 282 g/mol. The van der Waals surface area contributed by atoms with Crippen LogP contribution in [0.3, 0.4) is 0 Å². The van der Waals surface area contributed by atoms with Crippen LogP contribution in [0.4, 0.5) is 11.4 Å². The van der Waals surface area contributed by atoms with Crippen LogP contribution in [0.1, 0.15) is 22.7 Å². The van der Waals surface area contributed by atoms with Crippen molar-refractivity contribution in [2.24, 2.45) is 4.99 Å². The van der Waals surface area contributed by atoms with Crippen LogP contribution in [-0.4, -0.2) is 6.21 Å². The van der Waals surface area contributed by atoms with E-state index in [0.717, 1.165) is 28.1 Å². The Morgan fingerprint density at radius 1 is 0.739 bits per heavy atom. The molecule has 0 aromatic heterocycles. The third kappa shape index (κ3) is 3.58. The van der Waals surface area contributed by atoms with Crippen LogP contribution < -0.4 is 11.5 Å². The summed E-state index contributed by atoms with van der Waals surface area (Å²) in [5.74, 6) is 0. The van der Waals surface area contributed by atoms with Crippen molar-refractivity contribution in [1.82, 2.24) is 0 Å². The van der Waals surface area contributed by atoms with Crippen molar-refractivity contribution in [2.45, 2.75) is 6.04 Å². The smallest absolute Gasteiger partial charge is 0.102 e. The summed E-state index contributed by atoms with van der Waals surface area (Å²) in [6.45, 7) is 0. The molecule has 1 unspecified atom stereocenters. The topological polar surface area (TPSA) is 64.4 Å². The Hall–Kier alpha value is -3.07. The number of hydrogen-bond donors (Lipinski definition) is 2. The molecule has 1 atom stereocenters. The minimum atomic E-state index is -0.130. The largest absolute Gasteiger partial charge is 0.399 e. The van der Waals surface area contributed by atoms with Gasteiger partial charge in [0.1, 0.15) is 6.04 Å². The van der Waals surface area contributed by atoms with E-state index in [9.17, 15) is 0 Å². The Morgan fingerprint density at radius 3 is 2.09 bits per heavy atom. The van der Waals surface area contributed by atoms with Crippen LogP contribution >= 0.6 is 0 Å². The molecule has 3 aromatic rings. The molecule has 23 heavy (non-hydrogen) atoms. The summed E-state index contributed by atoms with van der Waals surface area (Å²) in [6, 6.07) is 25.5. The first kappa shape index (κ1) is 14.9. The maximum absolute atomic E-state index is 6.16. The average Bonchev–Trinajstić information content (AvgIpc) is 2.59. The minimum absolute atomic E-state index is 0.130. The number of aliphatic imine (C=N–C) groups is 1. The molecule has 0 amide bonds. The van der Waals surface area contributed by atoms with E-state index in [4.69, 9.17) is 16.5 Å². The molecule has 0 saturated heterocycles. The average molecular weight is 301 g/mol. The summed E-state index contributed by atoms with van der Waals surface area (Å²) in [5, 5.41) is 0. The molecule has 0 saturated carbocycles. The predicted molar refractivity (Wildman–Crippen MR) is 97.6 cm³/mol.